The fraction of sp³-hybridized carbons (Fsp3) is 0.667. The van der Waals surface area contributed by atoms with Crippen molar-refractivity contribution < 1.29 is 19.4 Å². The second-order valence-corrected chi connectivity index (χ2v) is 7.21. The number of likely N-dealkylation sites (N-methyl/N-ethyl adjacent to an activating group) is 1. The molecule has 8 heteroatoms. The predicted octanol–water partition coefficient (Wildman–Crippen LogP) is -2.10. The molecule has 1 aromatic rings. The Morgan fingerprint density at radius 3 is 2.39 bits per heavy atom. The minimum Gasteiger partial charge on any atom is -0.344 e. The maximum absolute atomic E-state index is 12.2. The SMILES string of the molecule is CC[NH+]1CC[NH+](CC(=O)Nc2nc(C)c(C(=O)N(C)C)s2)CC1. The van der Waals surface area contributed by atoms with Gasteiger partial charge >= 0.3 is 0 Å². The Labute approximate surface area is 141 Å². The van der Waals surface area contributed by atoms with E-state index < -0.39 is 0 Å². The zero-order chi connectivity index (χ0) is 17.0. The minimum atomic E-state index is -0.0789. The Balaban J connectivity index is 1.88. The lowest BCUT2D eigenvalue weighted by Gasteiger charge is -2.28. The van der Waals surface area contributed by atoms with Crippen LogP contribution < -0.4 is 15.1 Å². The smallest absolute Gasteiger partial charge is 0.281 e. The number of aromatic nitrogens is 1. The molecule has 0 atom stereocenters. The topological polar surface area (TPSA) is 71.2 Å². The highest BCUT2D eigenvalue weighted by Crippen LogP contribution is 2.23. The van der Waals surface area contributed by atoms with Crippen LogP contribution in [0.3, 0.4) is 0 Å². The van der Waals surface area contributed by atoms with Crippen LogP contribution in [0.15, 0.2) is 0 Å². The van der Waals surface area contributed by atoms with Crippen molar-refractivity contribution >= 4 is 28.3 Å². The fourth-order valence-corrected chi connectivity index (χ4v) is 3.73. The van der Waals surface area contributed by atoms with Gasteiger partial charge in [-0.2, -0.15) is 0 Å². The third kappa shape index (κ3) is 4.73. The van der Waals surface area contributed by atoms with E-state index in [-0.39, 0.29) is 11.8 Å². The van der Waals surface area contributed by atoms with E-state index in [1.807, 2.05) is 0 Å². The molecule has 1 saturated heterocycles. The van der Waals surface area contributed by atoms with E-state index >= 15 is 0 Å². The van der Waals surface area contributed by atoms with Crippen LogP contribution in [0.25, 0.3) is 0 Å². The van der Waals surface area contributed by atoms with Crippen molar-refractivity contribution in [3.63, 3.8) is 0 Å². The van der Waals surface area contributed by atoms with Gasteiger partial charge in [0.1, 0.15) is 31.1 Å². The van der Waals surface area contributed by atoms with Crippen molar-refractivity contribution in [1.82, 2.24) is 9.88 Å². The summed E-state index contributed by atoms with van der Waals surface area (Å²) in [6, 6.07) is 0. The maximum atomic E-state index is 12.2. The highest BCUT2D eigenvalue weighted by Gasteiger charge is 2.24. The number of anilines is 1. The fourth-order valence-electron chi connectivity index (χ4n) is 2.73. The summed E-state index contributed by atoms with van der Waals surface area (Å²) in [7, 11) is 3.42. The van der Waals surface area contributed by atoms with Gasteiger partial charge in [0.25, 0.3) is 11.8 Å². The van der Waals surface area contributed by atoms with Crippen LogP contribution in [0.4, 0.5) is 5.13 Å². The van der Waals surface area contributed by atoms with E-state index in [2.05, 4.69) is 17.2 Å². The number of piperazine rings is 1. The first kappa shape index (κ1) is 17.8. The van der Waals surface area contributed by atoms with E-state index in [4.69, 9.17) is 0 Å². The highest BCUT2D eigenvalue weighted by molar-refractivity contribution is 7.17. The zero-order valence-electron chi connectivity index (χ0n) is 14.4. The summed E-state index contributed by atoms with van der Waals surface area (Å²) >= 11 is 1.24. The number of thiazole rings is 1. The molecule has 0 aromatic carbocycles. The van der Waals surface area contributed by atoms with Gasteiger partial charge in [-0.1, -0.05) is 11.3 Å². The molecule has 23 heavy (non-hydrogen) atoms. The Bertz CT molecular complexity index is 564. The molecule has 2 heterocycles. The summed E-state index contributed by atoms with van der Waals surface area (Å²) in [4.78, 5) is 33.5. The van der Waals surface area contributed by atoms with Gasteiger partial charge in [-0.3, -0.25) is 14.9 Å². The first-order valence-electron chi connectivity index (χ1n) is 8.06. The Hall–Kier alpha value is -1.51. The summed E-state index contributed by atoms with van der Waals surface area (Å²) in [5.41, 5.74) is 0.663. The summed E-state index contributed by atoms with van der Waals surface area (Å²) < 4.78 is 0. The molecule has 128 valence electrons. The van der Waals surface area contributed by atoms with E-state index in [0.717, 1.165) is 32.7 Å². The number of hydrogen-bond donors (Lipinski definition) is 3. The van der Waals surface area contributed by atoms with Crippen molar-refractivity contribution in [3.05, 3.63) is 10.6 Å². The van der Waals surface area contributed by atoms with Crippen molar-refractivity contribution in [2.45, 2.75) is 13.8 Å². The van der Waals surface area contributed by atoms with Gasteiger partial charge in [-0.05, 0) is 13.8 Å². The average Bonchev–Trinajstić information content (AvgIpc) is 2.87. The predicted molar refractivity (Wildman–Crippen MR) is 90.3 cm³/mol. The Morgan fingerprint density at radius 1 is 1.22 bits per heavy atom. The number of nitrogens with zero attached hydrogens (tertiary/aromatic N) is 2. The normalized spacial score (nSPS) is 21.0. The number of quaternary nitrogens is 2. The lowest BCUT2D eigenvalue weighted by atomic mass is 10.3. The van der Waals surface area contributed by atoms with Gasteiger partial charge in [-0.25, -0.2) is 4.98 Å². The highest BCUT2D eigenvalue weighted by atomic mass is 32.1. The second kappa shape index (κ2) is 7.85. The van der Waals surface area contributed by atoms with Crippen LogP contribution in [0.2, 0.25) is 0 Å². The number of aryl methyl sites for hydroxylation is 1. The van der Waals surface area contributed by atoms with Crippen LogP contribution in [0.5, 0.6) is 0 Å². The average molecular weight is 341 g/mol. The molecular formula is C15H27N5O2S+2. The zero-order valence-corrected chi connectivity index (χ0v) is 15.2. The summed E-state index contributed by atoms with van der Waals surface area (Å²) in [6.07, 6.45) is 0. The van der Waals surface area contributed by atoms with Crippen LogP contribution in [-0.2, 0) is 4.79 Å². The van der Waals surface area contributed by atoms with Crippen LogP contribution in [0, 0.1) is 6.92 Å². The second-order valence-electron chi connectivity index (χ2n) is 6.21. The maximum Gasteiger partial charge on any atom is 0.281 e. The molecule has 0 aliphatic carbocycles. The van der Waals surface area contributed by atoms with Crippen molar-refractivity contribution in [2.75, 3.05) is 58.7 Å². The van der Waals surface area contributed by atoms with Gasteiger partial charge in [-0.15, -0.1) is 0 Å². The molecular weight excluding hydrogens is 314 g/mol. The van der Waals surface area contributed by atoms with E-state index in [0.29, 0.717) is 22.2 Å². The summed E-state index contributed by atoms with van der Waals surface area (Å²) in [6.45, 7) is 9.90. The van der Waals surface area contributed by atoms with Crippen LogP contribution in [0.1, 0.15) is 22.3 Å². The third-order valence-corrected chi connectivity index (χ3v) is 5.28. The largest absolute Gasteiger partial charge is 0.344 e. The van der Waals surface area contributed by atoms with Gasteiger partial charge < -0.3 is 14.7 Å². The van der Waals surface area contributed by atoms with Gasteiger partial charge in [0, 0.05) is 14.1 Å². The van der Waals surface area contributed by atoms with Crippen molar-refractivity contribution in [1.29, 1.82) is 0 Å². The van der Waals surface area contributed by atoms with Crippen LogP contribution >= 0.6 is 11.3 Å². The molecule has 1 aliphatic rings. The van der Waals surface area contributed by atoms with E-state index in [9.17, 15) is 9.59 Å². The summed E-state index contributed by atoms with van der Waals surface area (Å²) in [5, 5.41) is 3.35. The van der Waals surface area contributed by atoms with E-state index in [1.165, 1.54) is 21.1 Å². The molecule has 7 nitrogen and oxygen atoms in total. The molecule has 1 fully saturated rings. The van der Waals surface area contributed by atoms with Gasteiger partial charge in [0.05, 0.1) is 12.2 Å². The third-order valence-electron chi connectivity index (χ3n) is 4.22. The first-order chi connectivity index (χ1) is 10.9. The number of amides is 2. The molecule has 3 N–H and O–H groups in total. The molecule has 0 spiro atoms. The standard InChI is InChI=1S/C15H25N5O2S/c1-5-19-6-8-20(9-7-19)10-12(21)17-15-16-11(2)13(23-15)14(22)18(3)4/h5-10H2,1-4H3,(H,16,17,21)/p+2. The molecule has 1 aliphatic heterocycles. The van der Waals surface area contributed by atoms with Crippen molar-refractivity contribution in [3.8, 4) is 0 Å². The van der Waals surface area contributed by atoms with E-state index in [1.54, 1.807) is 25.9 Å². The molecule has 0 radical (unpaired) electrons. The quantitative estimate of drug-likeness (QED) is 0.574. The van der Waals surface area contributed by atoms with Gasteiger partial charge in [0.15, 0.2) is 11.7 Å². The number of carbonyl (C=O) groups is 2. The van der Waals surface area contributed by atoms with Crippen molar-refractivity contribution in [2.24, 2.45) is 0 Å². The molecule has 2 amide bonds. The minimum absolute atomic E-state index is 0.0300. The number of rotatable bonds is 5. The van der Waals surface area contributed by atoms with Crippen LogP contribution in [-0.4, -0.2) is 75.1 Å². The lowest BCUT2D eigenvalue weighted by molar-refractivity contribution is -1.01. The molecule has 0 unspecified atom stereocenters. The monoisotopic (exact) mass is 341 g/mol. The molecule has 1 aromatic heterocycles. The molecule has 0 bridgehead atoms. The summed E-state index contributed by atoms with van der Waals surface area (Å²) in [5.74, 6) is -0.109. The Kier molecular flexibility index (Phi) is 6.09. The first-order valence-corrected chi connectivity index (χ1v) is 8.88. The van der Waals surface area contributed by atoms with Gasteiger partial charge in [0.2, 0.25) is 0 Å². The lowest BCUT2D eigenvalue weighted by Crippen LogP contribution is -3.28. The molecule has 2 rings (SSSR count). The number of hydrogen-bond acceptors (Lipinski definition) is 4. The number of carbonyl (C=O) groups excluding carboxylic acids is 2. The molecule has 0 saturated carbocycles. The number of nitrogens with one attached hydrogen (secondary N) is 3. The Morgan fingerprint density at radius 2 is 1.83 bits per heavy atom.